The first kappa shape index (κ1) is 39.8. The summed E-state index contributed by atoms with van der Waals surface area (Å²) >= 11 is 0. The van der Waals surface area contributed by atoms with Crippen LogP contribution in [-0.2, 0) is 25.6 Å². The summed E-state index contributed by atoms with van der Waals surface area (Å²) in [6.07, 6.45) is 10.4. The van der Waals surface area contributed by atoms with Crippen LogP contribution < -0.4 is 4.74 Å². The van der Waals surface area contributed by atoms with E-state index in [0.717, 1.165) is 72.4 Å². The van der Waals surface area contributed by atoms with E-state index in [9.17, 15) is 20.1 Å². The average molecular weight is 769 g/mol. The molecule has 11 heteroatoms. The van der Waals surface area contributed by atoms with Crippen LogP contribution in [-0.4, -0.2) is 83.7 Å². The molecule has 3 aromatic carbocycles. The lowest BCUT2D eigenvalue weighted by atomic mass is 9.55. The standard InChI is InChI=1S/C45H56N2O9/c1-3-24-54-45-40(47(44(51)52-2)29-32-16-12-15-30-13-4-5-17-34(30)32)28-38(46-56-41-19-8-11-25-53-41)36-26-31(14-6-9-22-48)35(18-7-10-23-49)42(43(36)45)37-27-33(50)20-21-39(37)55-45/h3-5,12-13,15-17,20-21,26-27,31,35,40-43,48-50H,1,6-11,14,18-19,22-25,28-29H2,2H3. The first-order valence-corrected chi connectivity index (χ1v) is 20.3. The number of unbranched alkanes of at least 4 members (excludes halogenated alkanes) is 2. The number of hydrogen-bond donors (Lipinski definition) is 3. The van der Waals surface area contributed by atoms with Gasteiger partial charge in [0.1, 0.15) is 17.5 Å². The molecule has 7 rings (SSSR count). The number of aliphatic hydroxyl groups is 2. The van der Waals surface area contributed by atoms with Crippen molar-refractivity contribution in [2.24, 2.45) is 22.9 Å². The van der Waals surface area contributed by atoms with E-state index >= 15 is 0 Å². The Morgan fingerprint density at radius 3 is 2.61 bits per heavy atom. The minimum Gasteiger partial charge on any atom is -0.508 e. The maximum atomic E-state index is 14.3. The number of nitrogens with zero attached hydrogens (tertiary/aromatic N) is 2. The van der Waals surface area contributed by atoms with E-state index in [1.165, 1.54) is 7.11 Å². The number of carbonyl (C=O) groups excluding carboxylic acids is 1. The van der Waals surface area contributed by atoms with Gasteiger partial charge in [0.15, 0.2) is 0 Å². The number of hydrogen-bond acceptors (Lipinski definition) is 10. The molecule has 0 spiro atoms. The van der Waals surface area contributed by atoms with Crippen LogP contribution in [0.2, 0.25) is 0 Å². The maximum absolute atomic E-state index is 14.3. The second kappa shape index (κ2) is 18.2. The van der Waals surface area contributed by atoms with Gasteiger partial charge >= 0.3 is 6.09 Å². The van der Waals surface area contributed by atoms with Crippen LogP contribution in [0.4, 0.5) is 4.79 Å². The van der Waals surface area contributed by atoms with Gasteiger partial charge in [-0.15, -0.1) is 6.58 Å². The highest BCUT2D eigenvalue weighted by molar-refractivity contribution is 6.03. The van der Waals surface area contributed by atoms with Crippen molar-refractivity contribution in [3.05, 3.63) is 96.1 Å². The molecule has 0 bridgehead atoms. The number of phenolic OH excluding ortho intramolecular Hbond substituents is 1. The van der Waals surface area contributed by atoms with Crippen LogP contribution >= 0.6 is 0 Å². The van der Waals surface area contributed by atoms with E-state index < -0.39 is 30.1 Å². The summed E-state index contributed by atoms with van der Waals surface area (Å²) in [5, 5.41) is 37.6. The summed E-state index contributed by atoms with van der Waals surface area (Å²) < 4.78 is 25.8. The third-order valence-corrected chi connectivity index (χ3v) is 12.1. The number of fused-ring (bicyclic) bond motifs is 3. The second-order valence-electron chi connectivity index (χ2n) is 15.4. The van der Waals surface area contributed by atoms with Gasteiger partial charge in [-0.1, -0.05) is 72.6 Å². The summed E-state index contributed by atoms with van der Waals surface area (Å²) in [5.41, 5.74) is 3.39. The van der Waals surface area contributed by atoms with Gasteiger partial charge in [0.2, 0.25) is 12.1 Å². The van der Waals surface area contributed by atoms with E-state index in [2.05, 4.69) is 30.9 Å². The highest BCUT2D eigenvalue weighted by Gasteiger charge is 2.65. The number of allylic oxidation sites excluding steroid dienone is 1. The van der Waals surface area contributed by atoms with Gasteiger partial charge < -0.3 is 39.1 Å². The Balaban J connectivity index is 1.45. The fourth-order valence-electron chi connectivity index (χ4n) is 9.61. The molecule has 2 heterocycles. The fraction of sp³-hybridized carbons (Fsp3) is 0.511. The Hall–Kier alpha value is -4.42. The number of ether oxygens (including phenoxy) is 4. The van der Waals surface area contributed by atoms with Crippen molar-refractivity contribution in [2.45, 2.75) is 94.8 Å². The van der Waals surface area contributed by atoms with E-state index in [4.69, 9.17) is 28.9 Å². The zero-order valence-corrected chi connectivity index (χ0v) is 32.4. The zero-order valence-electron chi connectivity index (χ0n) is 32.4. The van der Waals surface area contributed by atoms with Gasteiger partial charge in [-0.05, 0) is 90.5 Å². The molecule has 7 atom stereocenters. The van der Waals surface area contributed by atoms with Crippen LogP contribution in [0.25, 0.3) is 10.8 Å². The van der Waals surface area contributed by atoms with Crippen LogP contribution in [0.15, 0.2) is 90.1 Å². The molecule has 0 aromatic heterocycles. The number of methoxy groups -OCH3 is 1. The van der Waals surface area contributed by atoms with Crippen molar-refractivity contribution in [1.82, 2.24) is 4.90 Å². The van der Waals surface area contributed by atoms with Gasteiger partial charge in [-0.3, -0.25) is 4.90 Å². The Morgan fingerprint density at radius 2 is 1.84 bits per heavy atom. The molecule has 300 valence electrons. The molecular weight excluding hydrogens is 712 g/mol. The van der Waals surface area contributed by atoms with Gasteiger partial charge in [0, 0.05) is 37.5 Å². The Labute approximate surface area is 329 Å². The molecule has 2 aliphatic carbocycles. The van der Waals surface area contributed by atoms with E-state index in [1.807, 2.05) is 24.3 Å². The van der Waals surface area contributed by atoms with Crippen LogP contribution in [0, 0.1) is 17.8 Å². The maximum Gasteiger partial charge on any atom is 0.410 e. The Morgan fingerprint density at radius 1 is 1.04 bits per heavy atom. The molecule has 7 unspecified atom stereocenters. The lowest BCUT2D eigenvalue weighted by molar-refractivity contribution is -0.256. The number of aliphatic hydroxyl groups excluding tert-OH is 2. The third kappa shape index (κ3) is 8.05. The van der Waals surface area contributed by atoms with Crippen molar-refractivity contribution in [2.75, 3.05) is 33.5 Å². The second-order valence-corrected chi connectivity index (χ2v) is 15.4. The number of oxime groups is 1. The molecule has 2 aliphatic heterocycles. The molecule has 1 amide bonds. The van der Waals surface area contributed by atoms with Gasteiger partial charge in [0.05, 0.1) is 38.5 Å². The predicted octanol–water partition coefficient (Wildman–Crippen LogP) is 7.97. The summed E-state index contributed by atoms with van der Waals surface area (Å²) in [5.74, 6) is -1.39. The first-order valence-electron chi connectivity index (χ1n) is 20.3. The summed E-state index contributed by atoms with van der Waals surface area (Å²) in [7, 11) is 1.39. The van der Waals surface area contributed by atoms with Gasteiger partial charge in [0.25, 0.3) is 0 Å². The van der Waals surface area contributed by atoms with Gasteiger partial charge in [-0.2, -0.15) is 0 Å². The van der Waals surface area contributed by atoms with E-state index in [-0.39, 0.29) is 56.3 Å². The van der Waals surface area contributed by atoms with E-state index in [1.54, 1.807) is 29.2 Å². The molecule has 1 saturated carbocycles. The molecule has 56 heavy (non-hydrogen) atoms. The summed E-state index contributed by atoms with van der Waals surface area (Å²) in [4.78, 5) is 22.2. The lowest BCUT2D eigenvalue weighted by Gasteiger charge is -2.59. The summed E-state index contributed by atoms with van der Waals surface area (Å²) in [6, 6.07) is 18.6. The molecule has 3 N–H and O–H groups in total. The van der Waals surface area contributed by atoms with E-state index in [0.29, 0.717) is 30.9 Å². The zero-order chi connectivity index (χ0) is 39.1. The Bertz CT molecular complexity index is 1880. The number of aromatic hydroxyl groups is 1. The van der Waals surface area contributed by atoms with Crippen molar-refractivity contribution in [3.63, 3.8) is 0 Å². The highest BCUT2D eigenvalue weighted by atomic mass is 16.8. The number of phenols is 1. The number of carbonyl (C=O) groups is 1. The Kier molecular flexibility index (Phi) is 13.0. The van der Waals surface area contributed by atoms with Gasteiger partial charge in [-0.25, -0.2) is 4.79 Å². The quantitative estimate of drug-likeness (QED) is 0.0752. The van der Waals surface area contributed by atoms with Crippen LogP contribution in [0.3, 0.4) is 0 Å². The molecule has 4 aliphatic rings. The minimum absolute atomic E-state index is 0.0392. The molecule has 1 saturated heterocycles. The highest BCUT2D eigenvalue weighted by Crippen LogP contribution is 2.62. The predicted molar refractivity (Wildman–Crippen MR) is 213 cm³/mol. The first-order chi connectivity index (χ1) is 27.4. The molecule has 11 nitrogen and oxygen atoms in total. The van der Waals surface area contributed by atoms with Crippen molar-refractivity contribution >= 4 is 22.6 Å². The number of benzene rings is 3. The number of amides is 1. The smallest absolute Gasteiger partial charge is 0.410 e. The van der Waals surface area contributed by atoms with Crippen molar-refractivity contribution in [1.29, 1.82) is 0 Å². The monoisotopic (exact) mass is 768 g/mol. The molecule has 2 fully saturated rings. The molecule has 3 aromatic rings. The molecule has 0 radical (unpaired) electrons. The summed E-state index contributed by atoms with van der Waals surface area (Å²) in [6.45, 7) is 5.14. The van der Waals surface area contributed by atoms with Crippen molar-refractivity contribution in [3.8, 4) is 11.5 Å². The normalized spacial score (nSPS) is 27.4. The lowest BCUT2D eigenvalue weighted by Crippen LogP contribution is -2.70. The fourth-order valence-corrected chi connectivity index (χ4v) is 9.61. The molecular formula is C45H56N2O9. The minimum atomic E-state index is -1.45. The number of rotatable bonds is 16. The third-order valence-electron chi connectivity index (χ3n) is 12.1. The van der Waals surface area contributed by atoms with Crippen molar-refractivity contribution < 1.29 is 43.9 Å². The largest absolute Gasteiger partial charge is 0.508 e. The van der Waals surface area contributed by atoms with Crippen LogP contribution in [0.5, 0.6) is 11.5 Å². The van der Waals surface area contributed by atoms with Crippen LogP contribution in [0.1, 0.15) is 81.3 Å². The SMILES string of the molecule is C=CCOC12Oc3ccc(O)cc3C3C(CCCCO)C(CCCCO)C=C(C(=NOC4CCCCO4)CC1N(Cc1cccc4ccccc14)C(=O)OC)C32. The topological polar surface area (TPSA) is 140 Å². The average Bonchev–Trinajstić information content (AvgIpc) is 3.23.